The number of nitrogens with zero attached hydrogens (tertiary/aromatic N) is 2. The fourth-order valence-electron chi connectivity index (χ4n) is 2.70. The number of para-hydroxylation sites is 1. The molecule has 29 heavy (non-hydrogen) atoms. The second-order valence-corrected chi connectivity index (χ2v) is 6.19. The van der Waals surface area contributed by atoms with E-state index in [0.29, 0.717) is 11.8 Å². The zero-order chi connectivity index (χ0) is 19.9. The van der Waals surface area contributed by atoms with Gasteiger partial charge in [-0.15, -0.1) is 0 Å². The Kier molecular flexibility index (Phi) is 5.53. The molecular formula is C23H20N4O2. The van der Waals surface area contributed by atoms with E-state index in [-0.39, 0.29) is 0 Å². The molecule has 1 heterocycles. The van der Waals surface area contributed by atoms with Crippen LogP contribution in [0.25, 0.3) is 0 Å². The summed E-state index contributed by atoms with van der Waals surface area (Å²) in [5, 5.41) is 6.45. The molecule has 0 saturated carbocycles. The fourth-order valence-corrected chi connectivity index (χ4v) is 2.70. The lowest BCUT2D eigenvalue weighted by molar-refractivity contribution is 0.415. The maximum Gasteiger partial charge on any atom is 0.229 e. The van der Waals surface area contributed by atoms with E-state index in [4.69, 9.17) is 9.47 Å². The van der Waals surface area contributed by atoms with Crippen molar-refractivity contribution in [3.8, 4) is 17.2 Å². The summed E-state index contributed by atoms with van der Waals surface area (Å²) in [6.45, 7) is 0. The van der Waals surface area contributed by atoms with Crippen LogP contribution in [0.2, 0.25) is 0 Å². The maximum atomic E-state index is 5.81. The average molecular weight is 384 g/mol. The Labute approximate surface area is 169 Å². The van der Waals surface area contributed by atoms with Gasteiger partial charge in [-0.25, -0.2) is 4.98 Å². The molecule has 0 aliphatic carbocycles. The minimum Gasteiger partial charge on any atom is -0.497 e. The van der Waals surface area contributed by atoms with Crippen molar-refractivity contribution >= 4 is 23.1 Å². The summed E-state index contributed by atoms with van der Waals surface area (Å²) in [4.78, 5) is 8.79. The maximum absolute atomic E-state index is 5.81. The molecule has 0 bridgehead atoms. The Morgan fingerprint density at radius 3 is 2.24 bits per heavy atom. The van der Waals surface area contributed by atoms with Gasteiger partial charge >= 0.3 is 0 Å². The highest BCUT2D eigenvalue weighted by Crippen LogP contribution is 2.24. The normalized spacial score (nSPS) is 10.2. The van der Waals surface area contributed by atoms with E-state index in [2.05, 4.69) is 20.6 Å². The topological polar surface area (TPSA) is 68.3 Å². The molecule has 0 fully saturated rings. The molecule has 4 aromatic rings. The molecule has 0 unspecified atom stereocenters. The number of benzene rings is 3. The predicted molar refractivity (Wildman–Crippen MR) is 115 cm³/mol. The Morgan fingerprint density at radius 1 is 0.690 bits per heavy atom. The molecule has 0 spiro atoms. The van der Waals surface area contributed by atoms with Crippen LogP contribution in [0.3, 0.4) is 0 Å². The van der Waals surface area contributed by atoms with Crippen LogP contribution in [-0.4, -0.2) is 17.1 Å². The standard InChI is InChI=1S/C23H20N4O2/c1-28-21-9-5-6-18(16-21)25-22-14-15-24-23(27-22)26-17-10-12-20(13-11-17)29-19-7-3-2-4-8-19/h2-16H,1H3,(H2,24,25,26,27). The van der Waals surface area contributed by atoms with Crippen LogP contribution in [0.5, 0.6) is 17.2 Å². The van der Waals surface area contributed by atoms with Crippen molar-refractivity contribution in [1.29, 1.82) is 0 Å². The first-order valence-corrected chi connectivity index (χ1v) is 9.13. The van der Waals surface area contributed by atoms with E-state index in [1.165, 1.54) is 0 Å². The summed E-state index contributed by atoms with van der Waals surface area (Å²) >= 11 is 0. The van der Waals surface area contributed by atoms with Gasteiger partial charge < -0.3 is 20.1 Å². The molecule has 0 aliphatic rings. The number of hydrogen-bond acceptors (Lipinski definition) is 6. The van der Waals surface area contributed by atoms with Crippen LogP contribution < -0.4 is 20.1 Å². The lowest BCUT2D eigenvalue weighted by atomic mass is 10.3. The van der Waals surface area contributed by atoms with Crippen LogP contribution in [0.15, 0.2) is 91.1 Å². The number of hydrogen-bond donors (Lipinski definition) is 2. The highest BCUT2D eigenvalue weighted by molar-refractivity contribution is 5.61. The lowest BCUT2D eigenvalue weighted by Gasteiger charge is -2.10. The van der Waals surface area contributed by atoms with Gasteiger partial charge in [-0.05, 0) is 54.6 Å². The average Bonchev–Trinajstić information content (AvgIpc) is 2.76. The van der Waals surface area contributed by atoms with E-state index in [9.17, 15) is 0 Å². The number of methoxy groups -OCH3 is 1. The Balaban J connectivity index is 1.42. The van der Waals surface area contributed by atoms with Crippen molar-refractivity contribution in [3.05, 3.63) is 91.1 Å². The summed E-state index contributed by atoms with van der Waals surface area (Å²) < 4.78 is 11.1. The molecule has 0 radical (unpaired) electrons. The van der Waals surface area contributed by atoms with Crippen LogP contribution in [-0.2, 0) is 0 Å². The summed E-state index contributed by atoms with van der Waals surface area (Å²) in [6.07, 6.45) is 1.70. The van der Waals surface area contributed by atoms with Gasteiger partial charge in [0.25, 0.3) is 0 Å². The third-order valence-corrected chi connectivity index (χ3v) is 4.09. The molecule has 4 rings (SSSR count). The number of rotatable bonds is 7. The first-order chi connectivity index (χ1) is 14.3. The van der Waals surface area contributed by atoms with Crippen molar-refractivity contribution in [3.63, 3.8) is 0 Å². The molecule has 0 amide bonds. The number of anilines is 4. The van der Waals surface area contributed by atoms with E-state index in [1.807, 2.05) is 78.9 Å². The predicted octanol–water partition coefficient (Wildman–Crippen LogP) is 5.76. The van der Waals surface area contributed by atoms with Crippen molar-refractivity contribution < 1.29 is 9.47 Å². The SMILES string of the molecule is COc1cccc(Nc2ccnc(Nc3ccc(Oc4ccccc4)cc3)n2)c1. The quantitative estimate of drug-likeness (QED) is 0.422. The number of nitrogens with one attached hydrogen (secondary N) is 2. The number of aromatic nitrogens is 2. The highest BCUT2D eigenvalue weighted by Gasteiger charge is 2.03. The molecule has 1 aromatic heterocycles. The molecular weight excluding hydrogens is 364 g/mol. The summed E-state index contributed by atoms with van der Waals surface area (Å²) in [7, 11) is 1.64. The van der Waals surface area contributed by atoms with E-state index in [0.717, 1.165) is 28.6 Å². The molecule has 0 atom stereocenters. The van der Waals surface area contributed by atoms with Gasteiger partial charge in [0.1, 0.15) is 23.1 Å². The molecule has 2 N–H and O–H groups in total. The van der Waals surface area contributed by atoms with E-state index >= 15 is 0 Å². The molecule has 0 saturated heterocycles. The van der Waals surface area contributed by atoms with Gasteiger partial charge in [0, 0.05) is 23.6 Å². The minimum absolute atomic E-state index is 0.495. The van der Waals surface area contributed by atoms with Crippen molar-refractivity contribution in [2.45, 2.75) is 0 Å². The third-order valence-electron chi connectivity index (χ3n) is 4.09. The second kappa shape index (κ2) is 8.75. The Morgan fingerprint density at radius 2 is 1.45 bits per heavy atom. The van der Waals surface area contributed by atoms with Crippen LogP contribution in [0.1, 0.15) is 0 Å². The first-order valence-electron chi connectivity index (χ1n) is 9.13. The van der Waals surface area contributed by atoms with Gasteiger partial charge in [-0.3, -0.25) is 0 Å². The molecule has 144 valence electrons. The van der Waals surface area contributed by atoms with Gasteiger partial charge in [0.15, 0.2) is 0 Å². The lowest BCUT2D eigenvalue weighted by Crippen LogP contribution is -2.00. The largest absolute Gasteiger partial charge is 0.497 e. The first kappa shape index (κ1) is 18.3. The summed E-state index contributed by atoms with van der Waals surface area (Å²) in [5.74, 6) is 3.51. The monoisotopic (exact) mass is 384 g/mol. The fraction of sp³-hybridized carbons (Fsp3) is 0.0435. The summed E-state index contributed by atoms with van der Waals surface area (Å²) in [6, 6.07) is 26.8. The zero-order valence-corrected chi connectivity index (χ0v) is 15.9. The minimum atomic E-state index is 0.495. The van der Waals surface area contributed by atoms with E-state index in [1.54, 1.807) is 19.4 Å². The van der Waals surface area contributed by atoms with Crippen LogP contribution in [0.4, 0.5) is 23.1 Å². The Bertz CT molecular complexity index is 1070. The van der Waals surface area contributed by atoms with Crippen molar-refractivity contribution in [1.82, 2.24) is 9.97 Å². The molecule has 6 nitrogen and oxygen atoms in total. The van der Waals surface area contributed by atoms with Gasteiger partial charge in [0.2, 0.25) is 5.95 Å². The Hall–Kier alpha value is -4.06. The number of ether oxygens (including phenoxy) is 2. The molecule has 6 heteroatoms. The van der Waals surface area contributed by atoms with Gasteiger partial charge in [-0.2, -0.15) is 4.98 Å². The van der Waals surface area contributed by atoms with Crippen molar-refractivity contribution in [2.24, 2.45) is 0 Å². The van der Waals surface area contributed by atoms with E-state index < -0.39 is 0 Å². The third kappa shape index (κ3) is 5.01. The smallest absolute Gasteiger partial charge is 0.229 e. The molecule has 3 aromatic carbocycles. The van der Waals surface area contributed by atoms with Gasteiger partial charge in [-0.1, -0.05) is 24.3 Å². The second-order valence-electron chi connectivity index (χ2n) is 6.19. The van der Waals surface area contributed by atoms with Crippen LogP contribution in [0, 0.1) is 0 Å². The zero-order valence-electron chi connectivity index (χ0n) is 15.9. The van der Waals surface area contributed by atoms with Gasteiger partial charge in [0.05, 0.1) is 7.11 Å². The highest BCUT2D eigenvalue weighted by atomic mass is 16.5. The van der Waals surface area contributed by atoms with Crippen molar-refractivity contribution in [2.75, 3.05) is 17.7 Å². The van der Waals surface area contributed by atoms with Crippen LogP contribution >= 0.6 is 0 Å². The summed E-state index contributed by atoms with van der Waals surface area (Å²) in [5.41, 5.74) is 1.75. The molecule has 0 aliphatic heterocycles.